The molecule has 1 N–H and O–H groups in total. The highest BCUT2D eigenvalue weighted by Gasteiger charge is 2.31. The van der Waals surface area contributed by atoms with Crippen molar-refractivity contribution in [2.45, 2.75) is 283 Å². The zero-order valence-corrected chi connectivity index (χ0v) is 44.9. The number of hydrogen-bond donors (Lipinski definition) is 1. The van der Waals surface area contributed by atoms with Crippen LogP contribution >= 0.6 is 0 Å². The Bertz CT molecular complexity index is 1190. The number of carbonyl (C=O) groups excluding carboxylic acids is 2. The quantitative estimate of drug-likeness (QED) is 0.0281. The number of hydrogen-bond acceptors (Lipinski definition) is 6. The summed E-state index contributed by atoms with van der Waals surface area (Å²) in [7, 11) is 5.55. The smallest absolute Gasteiger partial charge is 0.362 e. The van der Waals surface area contributed by atoms with E-state index in [0.29, 0.717) is 19.3 Å². The molecule has 392 valence electrons. The fourth-order valence-corrected chi connectivity index (χ4v) is 8.70. The van der Waals surface area contributed by atoms with Crippen molar-refractivity contribution in [2.75, 3.05) is 41.0 Å². The lowest BCUT2D eigenvalue weighted by atomic mass is 10.0. The third-order valence-electron chi connectivity index (χ3n) is 13.1. The van der Waals surface area contributed by atoms with E-state index in [9.17, 15) is 19.5 Å². The first-order valence-corrected chi connectivity index (χ1v) is 28.5. The number of carbonyl (C=O) groups is 3. The normalized spacial score (nSPS) is 13.0. The van der Waals surface area contributed by atoms with Crippen molar-refractivity contribution in [1.82, 2.24) is 0 Å². The number of quaternary nitrogens is 1. The first-order chi connectivity index (χ1) is 32.6. The molecule has 0 spiro atoms. The third-order valence-corrected chi connectivity index (χ3v) is 13.1. The summed E-state index contributed by atoms with van der Waals surface area (Å²) in [5, 5.41) is 9.68. The van der Waals surface area contributed by atoms with Gasteiger partial charge in [-0.1, -0.05) is 243 Å². The monoisotopic (exact) mass is 945 g/mol. The Morgan fingerprint density at radius 3 is 1.24 bits per heavy atom. The fraction of sp³-hybridized carbons (Fsp3) is 0.847. The van der Waals surface area contributed by atoms with Gasteiger partial charge < -0.3 is 23.8 Å². The molecule has 0 rings (SSSR count). The van der Waals surface area contributed by atoms with Gasteiger partial charge in [0, 0.05) is 19.3 Å². The fourth-order valence-electron chi connectivity index (χ4n) is 8.70. The summed E-state index contributed by atoms with van der Waals surface area (Å²) in [5.74, 6) is -1.45. The van der Waals surface area contributed by atoms with Gasteiger partial charge in [0.2, 0.25) is 0 Å². The lowest BCUT2D eigenvalue weighted by Crippen LogP contribution is -2.50. The summed E-state index contributed by atoms with van der Waals surface area (Å²) in [6, 6.07) is -0.614. The van der Waals surface area contributed by atoms with Crippen molar-refractivity contribution in [3.8, 4) is 0 Å². The zero-order chi connectivity index (χ0) is 49.2. The minimum Gasteiger partial charge on any atom is -0.477 e. The summed E-state index contributed by atoms with van der Waals surface area (Å²) in [4.78, 5) is 37.3. The van der Waals surface area contributed by atoms with Crippen LogP contribution in [0.4, 0.5) is 0 Å². The maximum absolute atomic E-state index is 12.8. The maximum Gasteiger partial charge on any atom is 0.362 e. The van der Waals surface area contributed by atoms with E-state index in [1.54, 1.807) is 0 Å². The topological polar surface area (TPSA) is 99.1 Å². The Balaban J connectivity index is 4.14. The number of aliphatic carboxylic acids is 1. The van der Waals surface area contributed by atoms with E-state index in [1.165, 1.54) is 180 Å². The molecule has 0 aromatic heterocycles. The Kier molecular flexibility index (Phi) is 48.1. The largest absolute Gasteiger partial charge is 0.477 e. The van der Waals surface area contributed by atoms with Crippen molar-refractivity contribution in [3.05, 3.63) is 36.5 Å². The lowest BCUT2D eigenvalue weighted by molar-refractivity contribution is -0.887. The van der Waals surface area contributed by atoms with Crippen LogP contribution in [0.3, 0.4) is 0 Å². The molecule has 8 nitrogen and oxygen atoms in total. The van der Waals surface area contributed by atoms with Gasteiger partial charge in [-0.15, -0.1) is 0 Å². The first-order valence-electron chi connectivity index (χ1n) is 28.5. The second kappa shape index (κ2) is 50.0. The van der Waals surface area contributed by atoms with Crippen LogP contribution in [0.25, 0.3) is 0 Å². The average molecular weight is 946 g/mol. The molecule has 0 aliphatic carbocycles. The number of unbranched alkanes of at least 4 members (excludes halogenated alkanes) is 32. The first kappa shape index (κ1) is 64.5. The van der Waals surface area contributed by atoms with Gasteiger partial charge in [-0.05, 0) is 44.9 Å². The molecule has 0 aliphatic rings. The highest BCUT2D eigenvalue weighted by molar-refractivity contribution is 5.72. The molecule has 67 heavy (non-hydrogen) atoms. The van der Waals surface area contributed by atoms with Crippen molar-refractivity contribution in [3.63, 3.8) is 0 Å². The number of rotatable bonds is 52. The number of allylic oxidation sites excluding steroid dienone is 6. The molecule has 0 aliphatic heterocycles. The van der Waals surface area contributed by atoms with Crippen LogP contribution in [0.2, 0.25) is 0 Å². The predicted octanol–water partition coefficient (Wildman–Crippen LogP) is 16.9. The van der Waals surface area contributed by atoms with Crippen LogP contribution in [-0.4, -0.2) is 80.6 Å². The van der Waals surface area contributed by atoms with Gasteiger partial charge in [0.25, 0.3) is 0 Å². The molecule has 2 unspecified atom stereocenters. The molecule has 0 heterocycles. The van der Waals surface area contributed by atoms with Crippen LogP contribution in [0.5, 0.6) is 0 Å². The molecule has 0 fully saturated rings. The van der Waals surface area contributed by atoms with Gasteiger partial charge in [-0.3, -0.25) is 9.59 Å². The van der Waals surface area contributed by atoms with Gasteiger partial charge in [-0.25, -0.2) is 4.79 Å². The molecular formula is C59H110NO7+. The molecule has 0 amide bonds. The van der Waals surface area contributed by atoms with E-state index in [-0.39, 0.29) is 36.2 Å². The Morgan fingerprint density at radius 2 is 0.836 bits per heavy atom. The number of esters is 2. The number of nitrogens with zero attached hydrogens (tertiary/aromatic N) is 1. The summed E-state index contributed by atoms with van der Waals surface area (Å²) in [6.07, 6.45) is 60.6. The highest BCUT2D eigenvalue weighted by atomic mass is 16.6. The molecule has 0 aromatic carbocycles. The zero-order valence-electron chi connectivity index (χ0n) is 44.9. The van der Waals surface area contributed by atoms with Crippen LogP contribution in [0.15, 0.2) is 36.5 Å². The number of carboxylic acid groups (broad SMARTS) is 1. The van der Waals surface area contributed by atoms with E-state index >= 15 is 0 Å². The van der Waals surface area contributed by atoms with E-state index in [4.69, 9.17) is 14.2 Å². The van der Waals surface area contributed by atoms with Crippen molar-refractivity contribution in [1.29, 1.82) is 0 Å². The van der Waals surface area contributed by atoms with Gasteiger partial charge >= 0.3 is 17.9 Å². The minimum absolute atomic E-state index is 0.0464. The molecule has 0 aromatic rings. The maximum atomic E-state index is 12.8. The SMILES string of the molecule is CC/C=C/C/C=C/C/C=C/CCCCCCCCCCCCCCCC(=O)OC(COCCC(C(=O)O)[N+](C)(C)C)COC(=O)CCCCCCCCCCCCCCCCCCCCCC. The lowest BCUT2D eigenvalue weighted by Gasteiger charge is -2.31. The molecule has 0 bridgehead atoms. The number of carboxylic acids is 1. The van der Waals surface area contributed by atoms with Crippen molar-refractivity contribution in [2.24, 2.45) is 0 Å². The molecule has 0 saturated heterocycles. The average Bonchev–Trinajstić information content (AvgIpc) is 3.29. The second-order valence-electron chi connectivity index (χ2n) is 20.5. The van der Waals surface area contributed by atoms with Gasteiger partial charge in [0.15, 0.2) is 12.1 Å². The van der Waals surface area contributed by atoms with E-state index in [1.807, 2.05) is 21.1 Å². The Labute approximate surface area is 414 Å². The highest BCUT2D eigenvalue weighted by Crippen LogP contribution is 2.17. The van der Waals surface area contributed by atoms with Crippen LogP contribution in [0.1, 0.15) is 271 Å². The van der Waals surface area contributed by atoms with Crippen molar-refractivity contribution >= 4 is 17.9 Å². The summed E-state index contributed by atoms with van der Waals surface area (Å²) in [6.45, 7) is 4.68. The van der Waals surface area contributed by atoms with Gasteiger partial charge in [0.05, 0.1) is 34.4 Å². The second-order valence-corrected chi connectivity index (χ2v) is 20.5. The van der Waals surface area contributed by atoms with E-state index in [0.717, 1.165) is 57.8 Å². The molecule has 0 saturated carbocycles. The predicted molar refractivity (Wildman–Crippen MR) is 285 cm³/mol. The molecular weight excluding hydrogens is 835 g/mol. The Hall–Kier alpha value is -2.45. The number of ether oxygens (including phenoxy) is 3. The van der Waals surface area contributed by atoms with Gasteiger partial charge in [-0.2, -0.15) is 0 Å². The van der Waals surface area contributed by atoms with E-state index in [2.05, 4.69) is 50.3 Å². The van der Waals surface area contributed by atoms with E-state index < -0.39 is 18.1 Å². The van der Waals surface area contributed by atoms with Gasteiger partial charge in [0.1, 0.15) is 6.61 Å². The molecule has 2 atom stereocenters. The Morgan fingerprint density at radius 1 is 0.463 bits per heavy atom. The van der Waals surface area contributed by atoms with Crippen molar-refractivity contribution < 1.29 is 38.2 Å². The standard InChI is InChI=1S/C59H109NO7/c1-6-8-10-12-14-16-18-20-22-24-26-28-29-30-32-34-36-38-40-42-44-46-48-50-58(62)67-55(53-65-52-51-56(59(63)64)60(3,4)5)54-66-57(61)49-47-45-43-41-39-37-35-33-31-27-25-23-21-19-17-15-13-11-9-7-2/h8,10,14,16,20,22,55-56H,6-7,9,11-13,15,17-19,21,23-54H2,1-5H3/p+1/b10-8+,16-14+,22-20+. The summed E-state index contributed by atoms with van der Waals surface area (Å²) >= 11 is 0. The number of likely N-dealkylation sites (N-methyl/N-ethyl adjacent to an activating group) is 1. The summed E-state index contributed by atoms with van der Waals surface area (Å²) in [5.41, 5.74) is 0. The third kappa shape index (κ3) is 48.4. The van der Waals surface area contributed by atoms with Crippen LogP contribution < -0.4 is 0 Å². The van der Waals surface area contributed by atoms with Crippen LogP contribution in [0, 0.1) is 0 Å². The minimum atomic E-state index is -0.871. The summed E-state index contributed by atoms with van der Waals surface area (Å²) < 4.78 is 17.4. The molecule has 0 radical (unpaired) electrons. The van der Waals surface area contributed by atoms with Crippen LogP contribution in [-0.2, 0) is 28.6 Å². The molecule has 8 heteroatoms.